The number of carbonyl (C=O) groups excluding carboxylic acids is 1. The van der Waals surface area contributed by atoms with Crippen LogP contribution in [0.5, 0.6) is 0 Å². The fourth-order valence-electron chi connectivity index (χ4n) is 3.92. The first-order chi connectivity index (χ1) is 9.79. The van der Waals surface area contributed by atoms with Crippen molar-refractivity contribution in [2.45, 2.75) is 96.5 Å². The van der Waals surface area contributed by atoms with Gasteiger partial charge in [0.2, 0.25) is 0 Å². The zero-order valence-corrected chi connectivity index (χ0v) is 13.2. The van der Waals surface area contributed by atoms with Gasteiger partial charge in [0.1, 0.15) is 6.10 Å². The minimum Gasteiger partial charge on any atom is -0.462 e. The lowest BCUT2D eigenvalue weighted by Crippen LogP contribution is -2.38. The number of rotatable bonds is 9. The monoisotopic (exact) mass is 280 g/mol. The molecular formula is C18H32O2. The zero-order chi connectivity index (χ0) is 14.2. The summed E-state index contributed by atoms with van der Waals surface area (Å²) in [6.45, 7) is 2.24. The van der Waals surface area contributed by atoms with Gasteiger partial charge in [0, 0.05) is 6.42 Å². The van der Waals surface area contributed by atoms with Gasteiger partial charge in [0.05, 0.1) is 0 Å². The summed E-state index contributed by atoms with van der Waals surface area (Å²) in [6, 6.07) is 0. The van der Waals surface area contributed by atoms with E-state index in [4.69, 9.17) is 4.74 Å². The Balaban J connectivity index is 1.50. The third kappa shape index (κ3) is 5.10. The van der Waals surface area contributed by atoms with Gasteiger partial charge in [0.25, 0.3) is 0 Å². The maximum Gasteiger partial charge on any atom is 0.306 e. The highest BCUT2D eigenvalue weighted by atomic mass is 16.5. The third-order valence-electron chi connectivity index (χ3n) is 5.25. The Morgan fingerprint density at radius 1 is 0.950 bits per heavy atom. The normalized spacial score (nSPS) is 28.6. The molecule has 0 radical (unpaired) electrons. The molecule has 2 heteroatoms. The molecule has 0 saturated heterocycles. The third-order valence-corrected chi connectivity index (χ3v) is 5.25. The van der Waals surface area contributed by atoms with Crippen molar-refractivity contribution < 1.29 is 9.53 Å². The van der Waals surface area contributed by atoms with E-state index in [1.807, 2.05) is 0 Å². The number of hydrogen-bond donors (Lipinski definition) is 0. The van der Waals surface area contributed by atoms with Gasteiger partial charge in [-0.2, -0.15) is 0 Å². The molecule has 1 atom stereocenters. The zero-order valence-electron chi connectivity index (χ0n) is 13.2. The maximum atomic E-state index is 11.9. The van der Waals surface area contributed by atoms with E-state index in [-0.39, 0.29) is 12.1 Å². The number of ether oxygens (including phenoxy) is 1. The minimum absolute atomic E-state index is 0.0658. The first-order valence-corrected chi connectivity index (χ1v) is 8.99. The Morgan fingerprint density at radius 3 is 2.20 bits per heavy atom. The quantitative estimate of drug-likeness (QED) is 0.426. The Morgan fingerprint density at radius 2 is 1.60 bits per heavy atom. The van der Waals surface area contributed by atoms with Gasteiger partial charge in [0.15, 0.2) is 0 Å². The molecule has 0 spiro atoms. The number of hydrogen-bond acceptors (Lipinski definition) is 2. The highest BCUT2D eigenvalue weighted by Gasteiger charge is 2.37. The van der Waals surface area contributed by atoms with Gasteiger partial charge >= 0.3 is 5.97 Å². The van der Waals surface area contributed by atoms with E-state index in [9.17, 15) is 4.79 Å². The molecule has 3 fully saturated rings. The van der Waals surface area contributed by atoms with Crippen molar-refractivity contribution in [3.8, 4) is 0 Å². The van der Waals surface area contributed by atoms with E-state index >= 15 is 0 Å². The van der Waals surface area contributed by atoms with E-state index in [1.54, 1.807) is 0 Å². The Labute approximate surface area is 124 Å². The second-order valence-electron chi connectivity index (χ2n) is 6.92. The lowest BCUT2D eigenvalue weighted by Gasteiger charge is -2.41. The molecule has 3 aliphatic rings. The van der Waals surface area contributed by atoms with Crippen molar-refractivity contribution in [3.63, 3.8) is 0 Å². The van der Waals surface area contributed by atoms with Crippen molar-refractivity contribution in [1.82, 2.24) is 0 Å². The molecule has 0 aromatic carbocycles. The molecule has 2 bridgehead atoms. The predicted octanol–water partition coefficient (Wildman–Crippen LogP) is 5.25. The van der Waals surface area contributed by atoms with Gasteiger partial charge in [-0.05, 0) is 50.4 Å². The van der Waals surface area contributed by atoms with Crippen LogP contribution in [0, 0.1) is 11.8 Å². The number of fused-ring (bicyclic) bond motifs is 3. The van der Waals surface area contributed by atoms with Gasteiger partial charge in [-0.1, -0.05) is 45.4 Å². The summed E-state index contributed by atoms with van der Waals surface area (Å²) in [4.78, 5) is 11.9. The second-order valence-corrected chi connectivity index (χ2v) is 6.92. The van der Waals surface area contributed by atoms with Crippen LogP contribution in [0.4, 0.5) is 0 Å². The van der Waals surface area contributed by atoms with E-state index in [2.05, 4.69) is 6.92 Å². The summed E-state index contributed by atoms with van der Waals surface area (Å²) < 4.78 is 5.73. The lowest BCUT2D eigenvalue weighted by molar-refractivity contribution is -0.157. The molecule has 0 aliphatic heterocycles. The van der Waals surface area contributed by atoms with Gasteiger partial charge in [-0.3, -0.25) is 4.79 Å². The van der Waals surface area contributed by atoms with Crippen LogP contribution in [0.2, 0.25) is 0 Å². The van der Waals surface area contributed by atoms with Crippen molar-refractivity contribution in [2.75, 3.05) is 0 Å². The minimum atomic E-state index is 0.0658. The van der Waals surface area contributed by atoms with Crippen LogP contribution in [0.1, 0.15) is 90.4 Å². The molecule has 0 aromatic rings. The van der Waals surface area contributed by atoms with Crippen LogP contribution < -0.4 is 0 Å². The van der Waals surface area contributed by atoms with Crippen LogP contribution in [-0.4, -0.2) is 12.1 Å². The summed E-state index contributed by atoms with van der Waals surface area (Å²) in [7, 11) is 0. The van der Waals surface area contributed by atoms with E-state index in [0.717, 1.165) is 18.8 Å². The lowest BCUT2D eigenvalue weighted by atomic mass is 9.69. The Kier molecular flexibility index (Phi) is 6.89. The highest BCUT2D eigenvalue weighted by molar-refractivity contribution is 5.69. The van der Waals surface area contributed by atoms with Crippen LogP contribution >= 0.6 is 0 Å². The maximum absolute atomic E-state index is 11.9. The largest absolute Gasteiger partial charge is 0.462 e. The van der Waals surface area contributed by atoms with Gasteiger partial charge < -0.3 is 4.74 Å². The van der Waals surface area contributed by atoms with Crippen molar-refractivity contribution in [2.24, 2.45) is 11.8 Å². The molecule has 0 aromatic heterocycles. The average Bonchev–Trinajstić information content (AvgIpc) is 2.47. The van der Waals surface area contributed by atoms with Crippen LogP contribution in [0.15, 0.2) is 0 Å². The van der Waals surface area contributed by atoms with E-state index in [1.165, 1.54) is 64.2 Å². The highest BCUT2D eigenvalue weighted by Crippen LogP contribution is 2.42. The topological polar surface area (TPSA) is 26.3 Å². The summed E-state index contributed by atoms with van der Waals surface area (Å²) in [6.07, 6.45) is 16.2. The summed E-state index contributed by atoms with van der Waals surface area (Å²) in [5, 5.41) is 0. The molecule has 1 unspecified atom stereocenters. The van der Waals surface area contributed by atoms with Gasteiger partial charge in [-0.15, -0.1) is 0 Å². The Bertz CT molecular complexity index is 279. The van der Waals surface area contributed by atoms with Crippen molar-refractivity contribution in [1.29, 1.82) is 0 Å². The molecule has 3 saturated carbocycles. The van der Waals surface area contributed by atoms with Crippen molar-refractivity contribution in [3.05, 3.63) is 0 Å². The Hall–Kier alpha value is -0.530. The first kappa shape index (κ1) is 15.9. The second kappa shape index (κ2) is 8.69. The molecule has 0 amide bonds. The van der Waals surface area contributed by atoms with Gasteiger partial charge in [-0.25, -0.2) is 0 Å². The number of esters is 1. The molecule has 3 aliphatic carbocycles. The molecule has 2 nitrogen and oxygen atoms in total. The van der Waals surface area contributed by atoms with Crippen LogP contribution in [-0.2, 0) is 9.53 Å². The molecule has 20 heavy (non-hydrogen) atoms. The van der Waals surface area contributed by atoms with E-state index in [0.29, 0.717) is 12.3 Å². The molecule has 0 N–H and O–H groups in total. The first-order valence-electron chi connectivity index (χ1n) is 8.99. The smallest absolute Gasteiger partial charge is 0.306 e. The van der Waals surface area contributed by atoms with Crippen molar-refractivity contribution >= 4 is 5.97 Å². The standard InChI is InChI=1S/C18H32O2/c1-2-3-4-5-6-7-8-9-18(19)20-17-14-15-10-12-16(17)13-11-15/h15-17H,2-14H2,1H3. The molecule has 0 heterocycles. The number of unbranched alkanes of at least 4 members (excludes halogenated alkanes) is 6. The fourth-order valence-corrected chi connectivity index (χ4v) is 3.92. The molecule has 3 rings (SSSR count). The van der Waals surface area contributed by atoms with Crippen LogP contribution in [0.25, 0.3) is 0 Å². The summed E-state index contributed by atoms with van der Waals surface area (Å²) in [5.74, 6) is 1.59. The molecular weight excluding hydrogens is 248 g/mol. The summed E-state index contributed by atoms with van der Waals surface area (Å²) in [5.41, 5.74) is 0. The van der Waals surface area contributed by atoms with E-state index < -0.39 is 0 Å². The summed E-state index contributed by atoms with van der Waals surface area (Å²) >= 11 is 0. The fraction of sp³-hybridized carbons (Fsp3) is 0.944. The molecule has 116 valence electrons. The predicted molar refractivity (Wildman–Crippen MR) is 82.6 cm³/mol. The van der Waals surface area contributed by atoms with Crippen LogP contribution in [0.3, 0.4) is 0 Å². The SMILES string of the molecule is CCCCCCCCCC(=O)OC1CC2CCC1CC2. The number of carbonyl (C=O) groups is 1. The average molecular weight is 280 g/mol.